The molecule has 0 aromatic carbocycles. The molecule has 2 heterocycles. The van der Waals surface area contributed by atoms with E-state index in [1.165, 1.54) is 12.8 Å². The zero-order chi connectivity index (χ0) is 17.6. The number of hydrogen-bond acceptors (Lipinski definition) is 5. The summed E-state index contributed by atoms with van der Waals surface area (Å²) < 4.78 is 0. The van der Waals surface area contributed by atoms with Crippen LogP contribution in [0.25, 0.3) is 5.70 Å². The lowest BCUT2D eigenvalue weighted by Gasteiger charge is -2.37. The molecular weight excluding hydrogens is 314 g/mol. The number of nitriles is 1. The van der Waals surface area contributed by atoms with Gasteiger partial charge in [-0.05, 0) is 42.7 Å². The van der Waals surface area contributed by atoms with E-state index in [1.807, 2.05) is 0 Å². The maximum absolute atomic E-state index is 12.4. The van der Waals surface area contributed by atoms with Gasteiger partial charge in [-0.1, -0.05) is 12.0 Å². The molecule has 0 amide bonds. The number of hydrogen-bond donors (Lipinski definition) is 1. The summed E-state index contributed by atoms with van der Waals surface area (Å²) in [5.41, 5.74) is 3.09. The van der Waals surface area contributed by atoms with Crippen molar-refractivity contribution in [1.29, 1.82) is 5.26 Å². The molecule has 3 aliphatic rings. The Kier molecular flexibility index (Phi) is 3.63. The largest absolute Gasteiger partial charge is 0.374 e. The number of pyridine rings is 1. The molecular formula is C20H19N3O2. The summed E-state index contributed by atoms with van der Waals surface area (Å²) in [7, 11) is 0. The molecule has 1 aliphatic heterocycles. The first-order chi connectivity index (χ1) is 12.1. The van der Waals surface area contributed by atoms with Crippen LogP contribution in [0.2, 0.25) is 0 Å². The van der Waals surface area contributed by atoms with Gasteiger partial charge in [0, 0.05) is 19.5 Å². The Morgan fingerprint density at radius 2 is 2.00 bits per heavy atom. The highest BCUT2D eigenvalue weighted by molar-refractivity contribution is 6.09. The highest BCUT2D eigenvalue weighted by Gasteiger charge is 2.45. The minimum absolute atomic E-state index is 0.163. The molecule has 126 valence electrons. The Morgan fingerprint density at radius 1 is 1.28 bits per heavy atom. The molecule has 1 saturated heterocycles. The van der Waals surface area contributed by atoms with Gasteiger partial charge in [-0.3, -0.25) is 4.79 Å². The summed E-state index contributed by atoms with van der Waals surface area (Å²) in [6.07, 6.45) is 9.13. The Hall–Kier alpha value is -2.63. The molecule has 2 aliphatic carbocycles. The van der Waals surface area contributed by atoms with E-state index >= 15 is 0 Å². The Labute approximate surface area is 147 Å². The van der Waals surface area contributed by atoms with Crippen LogP contribution in [0.5, 0.6) is 0 Å². The normalized spacial score (nSPS) is 22.2. The molecule has 1 aromatic rings. The molecule has 5 nitrogen and oxygen atoms in total. The molecule has 1 atom stereocenters. The zero-order valence-electron chi connectivity index (χ0n) is 14.0. The van der Waals surface area contributed by atoms with Gasteiger partial charge in [-0.2, -0.15) is 5.26 Å². The predicted molar refractivity (Wildman–Crippen MR) is 91.7 cm³/mol. The van der Waals surface area contributed by atoms with Crippen LogP contribution in [0.1, 0.15) is 48.7 Å². The average molecular weight is 333 g/mol. The second-order valence-corrected chi connectivity index (χ2v) is 7.24. The van der Waals surface area contributed by atoms with E-state index in [0.29, 0.717) is 22.5 Å². The first-order valence-electron chi connectivity index (χ1n) is 8.64. The number of allylic oxidation sites excluding steroid dienone is 1. The molecule has 25 heavy (non-hydrogen) atoms. The van der Waals surface area contributed by atoms with Gasteiger partial charge in [0.2, 0.25) is 0 Å². The number of likely N-dealkylation sites (tertiary alicyclic amines) is 1. The highest BCUT2D eigenvalue weighted by Crippen LogP contribution is 2.54. The van der Waals surface area contributed by atoms with Crippen molar-refractivity contribution in [1.82, 2.24) is 9.88 Å². The lowest BCUT2D eigenvalue weighted by Crippen LogP contribution is -2.36. The molecule has 1 unspecified atom stereocenters. The number of piperidine rings is 1. The van der Waals surface area contributed by atoms with E-state index in [4.69, 9.17) is 6.42 Å². The monoisotopic (exact) mass is 333 g/mol. The van der Waals surface area contributed by atoms with Gasteiger partial charge in [-0.25, -0.2) is 4.98 Å². The van der Waals surface area contributed by atoms with Crippen LogP contribution in [0.4, 0.5) is 0 Å². The first kappa shape index (κ1) is 15.9. The molecule has 1 saturated carbocycles. The quantitative estimate of drug-likeness (QED) is 0.838. The summed E-state index contributed by atoms with van der Waals surface area (Å²) in [4.78, 5) is 19.1. The lowest BCUT2D eigenvalue weighted by atomic mass is 9.88. The number of nitrogens with zero attached hydrogens (tertiary/aromatic N) is 3. The maximum Gasteiger partial charge on any atom is 0.180 e. The van der Waals surface area contributed by atoms with Crippen molar-refractivity contribution in [3.63, 3.8) is 0 Å². The van der Waals surface area contributed by atoms with Gasteiger partial charge >= 0.3 is 0 Å². The Morgan fingerprint density at radius 3 is 2.60 bits per heavy atom. The fourth-order valence-electron chi connectivity index (χ4n) is 3.90. The number of ketones is 1. The number of rotatable bonds is 2. The predicted octanol–water partition coefficient (Wildman–Crippen LogP) is 1.98. The third-order valence-electron chi connectivity index (χ3n) is 5.74. The smallest absolute Gasteiger partial charge is 0.180 e. The highest BCUT2D eigenvalue weighted by atomic mass is 16.3. The van der Waals surface area contributed by atoms with E-state index in [1.54, 1.807) is 12.1 Å². The number of aliphatic hydroxyl groups is 1. The second-order valence-electron chi connectivity index (χ2n) is 7.24. The van der Waals surface area contributed by atoms with Crippen LogP contribution < -0.4 is 0 Å². The number of carbonyl (C=O) groups excluding carboxylic acids is 1. The standard InChI is InChI=1S/C20H19N3O2/c1-2-16(24)15-4-3-13-11-17(25)14(12-21)19(18(13)22-15)23-9-7-20(5-6-20)8-10-23/h1,3-4,16,24H,5-11H2. The zero-order valence-corrected chi connectivity index (χ0v) is 14.0. The number of Topliss-reactive ketones (excluding diaryl/α,β-unsaturated/α-hetero) is 1. The average Bonchev–Trinajstić information content (AvgIpc) is 3.39. The fourth-order valence-corrected chi connectivity index (χ4v) is 3.90. The van der Waals surface area contributed by atoms with Crippen molar-refractivity contribution >= 4 is 11.5 Å². The second kappa shape index (κ2) is 5.72. The van der Waals surface area contributed by atoms with Gasteiger partial charge in [0.1, 0.15) is 11.6 Å². The summed E-state index contributed by atoms with van der Waals surface area (Å²) >= 11 is 0. The third kappa shape index (κ3) is 2.62. The molecule has 1 N–H and O–H groups in total. The molecule has 1 spiro atoms. The minimum atomic E-state index is -1.09. The van der Waals surface area contributed by atoms with Crippen LogP contribution in [-0.4, -0.2) is 33.9 Å². The number of aliphatic hydroxyl groups excluding tert-OH is 1. The third-order valence-corrected chi connectivity index (χ3v) is 5.74. The molecule has 0 radical (unpaired) electrons. The van der Waals surface area contributed by atoms with Crippen molar-refractivity contribution in [2.24, 2.45) is 5.41 Å². The molecule has 5 heteroatoms. The fraction of sp³-hybridized carbons (Fsp3) is 0.450. The molecule has 0 bridgehead atoms. The Bertz CT molecular complexity index is 858. The molecule has 4 rings (SSSR count). The van der Waals surface area contributed by atoms with Crippen LogP contribution in [0.15, 0.2) is 17.7 Å². The van der Waals surface area contributed by atoms with Gasteiger partial charge < -0.3 is 10.0 Å². The summed E-state index contributed by atoms with van der Waals surface area (Å²) in [5, 5.41) is 19.5. The van der Waals surface area contributed by atoms with Crippen molar-refractivity contribution in [3.8, 4) is 18.4 Å². The number of carbonyl (C=O) groups is 1. The number of fused-ring (bicyclic) bond motifs is 1. The van der Waals surface area contributed by atoms with Gasteiger partial charge in [0.05, 0.1) is 17.1 Å². The van der Waals surface area contributed by atoms with Crippen molar-refractivity contribution in [3.05, 3.63) is 34.7 Å². The number of aromatic nitrogens is 1. The molecule has 1 aromatic heterocycles. The van der Waals surface area contributed by atoms with Crippen LogP contribution >= 0.6 is 0 Å². The van der Waals surface area contributed by atoms with Crippen molar-refractivity contribution in [2.45, 2.75) is 38.2 Å². The SMILES string of the molecule is C#CC(O)c1ccc2c(n1)C(N1CCC3(CC1)CC3)=C(C#N)C(=O)C2. The maximum atomic E-state index is 12.4. The van der Waals surface area contributed by atoms with Crippen LogP contribution in [0, 0.1) is 29.1 Å². The van der Waals surface area contributed by atoms with Gasteiger partial charge in [-0.15, -0.1) is 6.42 Å². The Balaban J connectivity index is 1.78. The summed E-state index contributed by atoms with van der Waals surface area (Å²) in [6.45, 7) is 1.66. The van der Waals surface area contributed by atoms with E-state index in [0.717, 1.165) is 31.5 Å². The van der Waals surface area contributed by atoms with E-state index in [2.05, 4.69) is 21.9 Å². The van der Waals surface area contributed by atoms with Crippen molar-refractivity contribution < 1.29 is 9.90 Å². The van der Waals surface area contributed by atoms with Crippen LogP contribution in [0.3, 0.4) is 0 Å². The topological polar surface area (TPSA) is 77.2 Å². The molecule has 2 fully saturated rings. The van der Waals surface area contributed by atoms with Gasteiger partial charge in [0.15, 0.2) is 11.9 Å². The minimum Gasteiger partial charge on any atom is -0.374 e. The van der Waals surface area contributed by atoms with Crippen LogP contribution in [-0.2, 0) is 11.2 Å². The van der Waals surface area contributed by atoms with E-state index in [9.17, 15) is 15.2 Å². The van der Waals surface area contributed by atoms with E-state index in [-0.39, 0.29) is 17.8 Å². The van der Waals surface area contributed by atoms with E-state index < -0.39 is 6.10 Å². The lowest BCUT2D eigenvalue weighted by molar-refractivity contribution is -0.114. The summed E-state index contributed by atoms with van der Waals surface area (Å²) in [6, 6.07) is 5.53. The first-order valence-corrected chi connectivity index (χ1v) is 8.64. The number of terminal acetylenes is 1. The summed E-state index contributed by atoms with van der Waals surface area (Å²) in [5.74, 6) is 2.10. The van der Waals surface area contributed by atoms with Gasteiger partial charge in [0.25, 0.3) is 0 Å². The van der Waals surface area contributed by atoms with Crippen molar-refractivity contribution in [2.75, 3.05) is 13.1 Å².